The Labute approximate surface area is 201 Å². The standard InChI is InChI=1S/C19H31N7O3S.HI/c1-3-20-19(22-7-4-5-9-24-10-8-21-17(24)2)25-11-13-26(14-12-25)30(27,28)16-18-6-15-29-23-18;/h6,8,10,15H,3-5,7,9,11-14,16H2,1-2H3,(H,20,22);1H. The van der Waals surface area contributed by atoms with Crippen molar-refractivity contribution < 1.29 is 12.9 Å². The van der Waals surface area contributed by atoms with Crippen LogP contribution in [0.25, 0.3) is 0 Å². The number of halogens is 1. The molecule has 0 saturated carbocycles. The maximum Gasteiger partial charge on any atom is 0.220 e. The normalized spacial score (nSPS) is 15.7. The fourth-order valence-corrected chi connectivity index (χ4v) is 4.84. The predicted molar refractivity (Wildman–Crippen MR) is 130 cm³/mol. The van der Waals surface area contributed by atoms with E-state index in [9.17, 15) is 8.42 Å². The lowest BCUT2D eigenvalue weighted by Gasteiger charge is -2.35. The zero-order valence-corrected chi connectivity index (χ0v) is 21.3. The van der Waals surface area contributed by atoms with Crippen LogP contribution in [-0.2, 0) is 22.3 Å². The maximum atomic E-state index is 12.6. The van der Waals surface area contributed by atoms with E-state index < -0.39 is 10.0 Å². The molecule has 174 valence electrons. The van der Waals surface area contributed by atoms with E-state index in [1.54, 1.807) is 6.07 Å². The number of nitrogens with one attached hydrogen (secondary N) is 1. The first-order valence-electron chi connectivity index (χ1n) is 10.4. The van der Waals surface area contributed by atoms with Crippen molar-refractivity contribution in [3.05, 3.63) is 36.2 Å². The van der Waals surface area contributed by atoms with Crippen LogP contribution in [0.1, 0.15) is 31.3 Å². The van der Waals surface area contributed by atoms with E-state index in [2.05, 4.69) is 24.9 Å². The number of aromatic nitrogens is 3. The van der Waals surface area contributed by atoms with Crippen molar-refractivity contribution in [1.29, 1.82) is 0 Å². The zero-order chi connectivity index (χ0) is 21.4. The van der Waals surface area contributed by atoms with Gasteiger partial charge in [0.1, 0.15) is 17.8 Å². The number of nitrogens with zero attached hydrogens (tertiary/aromatic N) is 6. The molecule has 2 aromatic rings. The summed E-state index contributed by atoms with van der Waals surface area (Å²) in [6.45, 7) is 8.59. The van der Waals surface area contributed by atoms with Gasteiger partial charge in [-0.05, 0) is 26.7 Å². The lowest BCUT2D eigenvalue weighted by molar-refractivity contribution is 0.259. The molecule has 0 aromatic carbocycles. The van der Waals surface area contributed by atoms with Gasteiger partial charge in [0.05, 0.1) is 5.69 Å². The molecule has 0 atom stereocenters. The molecule has 0 radical (unpaired) electrons. The van der Waals surface area contributed by atoms with Crippen molar-refractivity contribution in [2.24, 2.45) is 4.99 Å². The second kappa shape index (κ2) is 12.4. The van der Waals surface area contributed by atoms with Crippen molar-refractivity contribution in [2.45, 2.75) is 39.0 Å². The van der Waals surface area contributed by atoms with Gasteiger partial charge in [0, 0.05) is 64.3 Å². The molecule has 1 fully saturated rings. The van der Waals surface area contributed by atoms with E-state index in [4.69, 9.17) is 9.52 Å². The summed E-state index contributed by atoms with van der Waals surface area (Å²) in [5.74, 6) is 1.75. The molecule has 2 aromatic heterocycles. The van der Waals surface area contributed by atoms with Crippen LogP contribution < -0.4 is 5.32 Å². The highest BCUT2D eigenvalue weighted by Gasteiger charge is 2.28. The zero-order valence-electron chi connectivity index (χ0n) is 18.1. The van der Waals surface area contributed by atoms with Crippen LogP contribution >= 0.6 is 24.0 Å². The first-order chi connectivity index (χ1) is 14.5. The van der Waals surface area contributed by atoms with Gasteiger partial charge in [0.15, 0.2) is 5.96 Å². The number of hydrogen-bond donors (Lipinski definition) is 1. The van der Waals surface area contributed by atoms with Crippen LogP contribution in [0.3, 0.4) is 0 Å². The van der Waals surface area contributed by atoms with E-state index in [0.717, 1.165) is 44.3 Å². The van der Waals surface area contributed by atoms with Crippen LogP contribution in [0.15, 0.2) is 34.2 Å². The number of piperazine rings is 1. The quantitative estimate of drug-likeness (QED) is 0.213. The van der Waals surface area contributed by atoms with Gasteiger partial charge in [-0.2, -0.15) is 4.31 Å². The summed E-state index contributed by atoms with van der Waals surface area (Å²) in [7, 11) is -3.40. The minimum absolute atomic E-state index is 0. The summed E-state index contributed by atoms with van der Waals surface area (Å²) in [6, 6.07) is 1.58. The Kier molecular flexibility index (Phi) is 10.2. The van der Waals surface area contributed by atoms with E-state index in [0.29, 0.717) is 31.9 Å². The Bertz CT molecular complexity index is 907. The summed E-state index contributed by atoms with van der Waals surface area (Å²) in [4.78, 5) is 11.1. The Morgan fingerprint density at radius 1 is 1.26 bits per heavy atom. The number of unbranched alkanes of at least 4 members (excludes halogenated alkanes) is 1. The van der Waals surface area contributed by atoms with Crippen molar-refractivity contribution in [3.8, 4) is 0 Å². The van der Waals surface area contributed by atoms with Gasteiger partial charge in [-0.3, -0.25) is 4.99 Å². The average Bonchev–Trinajstić information content (AvgIpc) is 3.38. The van der Waals surface area contributed by atoms with Crippen molar-refractivity contribution >= 4 is 40.0 Å². The third-order valence-electron chi connectivity index (χ3n) is 5.08. The fourth-order valence-electron chi connectivity index (χ4n) is 3.41. The molecule has 0 aliphatic carbocycles. The minimum Gasteiger partial charge on any atom is -0.364 e. The van der Waals surface area contributed by atoms with Gasteiger partial charge in [-0.25, -0.2) is 13.4 Å². The number of imidazole rings is 1. The molecule has 10 nitrogen and oxygen atoms in total. The molecule has 0 amide bonds. The number of rotatable bonds is 9. The molecular formula is C19H32IN7O3S. The first-order valence-corrected chi connectivity index (χ1v) is 12.0. The van der Waals surface area contributed by atoms with E-state index in [1.165, 1.54) is 10.6 Å². The Morgan fingerprint density at radius 3 is 2.65 bits per heavy atom. The van der Waals surface area contributed by atoms with Crippen LogP contribution in [0.4, 0.5) is 0 Å². The van der Waals surface area contributed by atoms with Gasteiger partial charge in [0.2, 0.25) is 10.0 Å². The number of sulfonamides is 1. The third kappa shape index (κ3) is 7.45. The second-order valence-corrected chi connectivity index (χ2v) is 9.21. The number of guanidine groups is 1. The molecule has 0 unspecified atom stereocenters. The fraction of sp³-hybridized carbons (Fsp3) is 0.632. The van der Waals surface area contributed by atoms with Gasteiger partial charge < -0.3 is 19.3 Å². The van der Waals surface area contributed by atoms with Crippen molar-refractivity contribution in [3.63, 3.8) is 0 Å². The van der Waals surface area contributed by atoms with Crippen LogP contribution in [0, 0.1) is 6.92 Å². The minimum atomic E-state index is -3.40. The molecule has 12 heteroatoms. The largest absolute Gasteiger partial charge is 0.364 e. The van der Waals surface area contributed by atoms with Crippen LogP contribution in [0.2, 0.25) is 0 Å². The summed E-state index contributed by atoms with van der Waals surface area (Å²) < 4.78 is 33.6. The molecule has 0 bridgehead atoms. The highest BCUT2D eigenvalue weighted by Crippen LogP contribution is 2.13. The molecule has 1 N–H and O–H groups in total. The van der Waals surface area contributed by atoms with Crippen molar-refractivity contribution in [1.82, 2.24) is 29.2 Å². The van der Waals surface area contributed by atoms with Gasteiger partial charge in [-0.1, -0.05) is 5.16 Å². The molecule has 3 rings (SSSR count). The third-order valence-corrected chi connectivity index (χ3v) is 6.89. The average molecular weight is 565 g/mol. The molecule has 1 saturated heterocycles. The SMILES string of the molecule is CCNC(=NCCCCn1ccnc1C)N1CCN(S(=O)(=O)Cc2ccon2)CC1.I. The molecule has 0 spiro atoms. The second-order valence-electron chi connectivity index (χ2n) is 7.24. The molecule has 1 aliphatic rings. The number of aliphatic imine (C=N–C) groups is 1. The Hall–Kier alpha value is -1.67. The van der Waals surface area contributed by atoms with Gasteiger partial charge >= 0.3 is 0 Å². The first kappa shape index (κ1) is 25.6. The van der Waals surface area contributed by atoms with Crippen LogP contribution in [0.5, 0.6) is 0 Å². The Balaban J connectivity index is 0.00000341. The summed E-state index contributed by atoms with van der Waals surface area (Å²) in [6.07, 6.45) is 7.23. The van der Waals surface area contributed by atoms with E-state index in [-0.39, 0.29) is 29.7 Å². The molecule has 31 heavy (non-hydrogen) atoms. The molecule has 3 heterocycles. The smallest absolute Gasteiger partial charge is 0.220 e. The monoisotopic (exact) mass is 565 g/mol. The summed E-state index contributed by atoms with van der Waals surface area (Å²) in [5, 5.41) is 7.03. The highest BCUT2D eigenvalue weighted by molar-refractivity contribution is 14.0. The lowest BCUT2D eigenvalue weighted by atomic mass is 10.3. The topological polar surface area (TPSA) is 109 Å². The Morgan fingerprint density at radius 2 is 2.03 bits per heavy atom. The molecular weight excluding hydrogens is 533 g/mol. The highest BCUT2D eigenvalue weighted by atomic mass is 127. The summed E-state index contributed by atoms with van der Waals surface area (Å²) in [5.41, 5.74) is 0.429. The van der Waals surface area contributed by atoms with E-state index >= 15 is 0 Å². The lowest BCUT2D eigenvalue weighted by Crippen LogP contribution is -2.53. The maximum absolute atomic E-state index is 12.6. The number of hydrogen-bond acceptors (Lipinski definition) is 6. The van der Waals surface area contributed by atoms with Crippen molar-refractivity contribution in [2.75, 3.05) is 39.3 Å². The molecule has 1 aliphatic heterocycles. The number of aryl methyl sites for hydroxylation is 2. The van der Waals surface area contributed by atoms with Gasteiger partial charge in [0.25, 0.3) is 0 Å². The summed E-state index contributed by atoms with van der Waals surface area (Å²) >= 11 is 0. The van der Waals surface area contributed by atoms with Crippen LogP contribution in [-0.4, -0.2) is 77.6 Å². The van der Waals surface area contributed by atoms with Gasteiger partial charge in [-0.15, -0.1) is 24.0 Å². The predicted octanol–water partition coefficient (Wildman–Crippen LogP) is 1.69. The van der Waals surface area contributed by atoms with E-state index in [1.807, 2.05) is 26.2 Å².